The molecule has 2 rings (SSSR count). The second-order valence-corrected chi connectivity index (χ2v) is 5.12. The van der Waals surface area contributed by atoms with E-state index in [1.807, 2.05) is 38.1 Å². The van der Waals surface area contributed by atoms with Crippen LogP contribution in [0, 0.1) is 5.92 Å². The zero-order valence-corrected chi connectivity index (χ0v) is 11.8. The van der Waals surface area contributed by atoms with Gasteiger partial charge < -0.3 is 14.4 Å². The maximum atomic E-state index is 11.9. The molecule has 0 bridgehead atoms. The van der Waals surface area contributed by atoms with Crippen molar-refractivity contribution in [1.82, 2.24) is 0 Å². The molecule has 0 radical (unpaired) electrons. The Hall–Kier alpha value is -1.71. The Morgan fingerprint density at radius 1 is 1.42 bits per heavy atom. The first-order valence-electron chi connectivity index (χ1n) is 6.69. The fourth-order valence-electron chi connectivity index (χ4n) is 2.32. The molecular weight excluding hydrogens is 242 g/mol. The summed E-state index contributed by atoms with van der Waals surface area (Å²) < 4.78 is 10.5. The summed E-state index contributed by atoms with van der Waals surface area (Å²) in [7, 11) is 1.66. The number of ether oxygens (including phenoxy) is 2. The predicted molar refractivity (Wildman–Crippen MR) is 74.5 cm³/mol. The van der Waals surface area contributed by atoms with Gasteiger partial charge in [-0.25, -0.2) is 0 Å². The van der Waals surface area contributed by atoms with E-state index in [2.05, 4.69) is 4.90 Å². The van der Waals surface area contributed by atoms with Crippen molar-refractivity contribution in [3.63, 3.8) is 0 Å². The van der Waals surface area contributed by atoms with Crippen molar-refractivity contribution in [3.05, 3.63) is 24.3 Å². The van der Waals surface area contributed by atoms with Gasteiger partial charge in [0, 0.05) is 24.8 Å². The van der Waals surface area contributed by atoms with E-state index >= 15 is 0 Å². The average molecular weight is 263 g/mol. The third-order valence-electron chi connectivity index (χ3n) is 3.29. The van der Waals surface area contributed by atoms with Gasteiger partial charge in [-0.3, -0.25) is 4.79 Å². The fourth-order valence-corrected chi connectivity index (χ4v) is 2.32. The van der Waals surface area contributed by atoms with Crippen LogP contribution in [0.5, 0.6) is 5.75 Å². The molecule has 0 aromatic heterocycles. The van der Waals surface area contributed by atoms with Crippen LogP contribution in [0.1, 0.15) is 20.3 Å². The predicted octanol–water partition coefficient (Wildman–Crippen LogP) is 2.47. The number of rotatable bonds is 4. The zero-order chi connectivity index (χ0) is 13.8. The summed E-state index contributed by atoms with van der Waals surface area (Å²) >= 11 is 0. The van der Waals surface area contributed by atoms with E-state index in [0.29, 0.717) is 0 Å². The van der Waals surface area contributed by atoms with E-state index in [4.69, 9.17) is 9.47 Å². The first-order chi connectivity index (χ1) is 9.10. The van der Waals surface area contributed by atoms with Gasteiger partial charge in [0.1, 0.15) is 5.75 Å². The molecule has 0 spiro atoms. The van der Waals surface area contributed by atoms with Crippen molar-refractivity contribution < 1.29 is 14.3 Å². The molecule has 104 valence electrons. The molecule has 4 heteroatoms. The van der Waals surface area contributed by atoms with Gasteiger partial charge in [0.25, 0.3) is 0 Å². The van der Waals surface area contributed by atoms with Crippen LogP contribution in [0.25, 0.3) is 0 Å². The van der Waals surface area contributed by atoms with Crippen molar-refractivity contribution in [1.29, 1.82) is 0 Å². The van der Waals surface area contributed by atoms with Gasteiger partial charge in [-0.2, -0.15) is 0 Å². The second-order valence-electron chi connectivity index (χ2n) is 5.12. The molecule has 1 atom stereocenters. The van der Waals surface area contributed by atoms with Gasteiger partial charge in [-0.1, -0.05) is 6.07 Å². The maximum absolute atomic E-state index is 11.9. The quantitative estimate of drug-likeness (QED) is 0.782. The van der Waals surface area contributed by atoms with Gasteiger partial charge in [-0.05, 0) is 32.4 Å². The molecule has 1 aromatic carbocycles. The smallest absolute Gasteiger partial charge is 0.311 e. The first-order valence-corrected chi connectivity index (χ1v) is 6.69. The van der Waals surface area contributed by atoms with Crippen molar-refractivity contribution in [2.75, 3.05) is 25.1 Å². The summed E-state index contributed by atoms with van der Waals surface area (Å²) in [5.74, 6) is 0.736. The zero-order valence-electron chi connectivity index (χ0n) is 11.8. The Kier molecular flexibility index (Phi) is 4.30. The third kappa shape index (κ3) is 3.40. The molecule has 1 fully saturated rings. The number of hydrogen-bond acceptors (Lipinski definition) is 4. The Bertz CT molecular complexity index is 445. The molecule has 1 unspecified atom stereocenters. The summed E-state index contributed by atoms with van der Waals surface area (Å²) in [6.45, 7) is 5.36. The number of hydrogen-bond donors (Lipinski definition) is 0. The van der Waals surface area contributed by atoms with Crippen LogP contribution in [-0.4, -0.2) is 32.3 Å². The number of carbonyl (C=O) groups is 1. The van der Waals surface area contributed by atoms with E-state index in [9.17, 15) is 4.79 Å². The first kappa shape index (κ1) is 13.7. The lowest BCUT2D eigenvalue weighted by Gasteiger charge is -2.19. The molecule has 19 heavy (non-hydrogen) atoms. The summed E-state index contributed by atoms with van der Waals surface area (Å²) in [4.78, 5) is 14.1. The van der Waals surface area contributed by atoms with Crippen molar-refractivity contribution in [2.45, 2.75) is 26.4 Å². The van der Waals surface area contributed by atoms with Crippen LogP contribution in [0.4, 0.5) is 5.69 Å². The average Bonchev–Trinajstić information content (AvgIpc) is 2.88. The van der Waals surface area contributed by atoms with Crippen molar-refractivity contribution >= 4 is 11.7 Å². The van der Waals surface area contributed by atoms with E-state index < -0.39 is 0 Å². The van der Waals surface area contributed by atoms with Crippen molar-refractivity contribution in [2.24, 2.45) is 5.92 Å². The van der Waals surface area contributed by atoms with E-state index in [1.54, 1.807) is 7.11 Å². The van der Waals surface area contributed by atoms with Crippen LogP contribution < -0.4 is 9.64 Å². The Morgan fingerprint density at radius 3 is 2.89 bits per heavy atom. The Morgan fingerprint density at radius 2 is 2.21 bits per heavy atom. The van der Waals surface area contributed by atoms with Crippen LogP contribution in [0.2, 0.25) is 0 Å². The van der Waals surface area contributed by atoms with E-state index in [-0.39, 0.29) is 18.0 Å². The summed E-state index contributed by atoms with van der Waals surface area (Å²) in [6.07, 6.45) is 0.807. The van der Waals surface area contributed by atoms with Crippen LogP contribution in [0.3, 0.4) is 0 Å². The molecule has 1 aliphatic heterocycles. The standard InChI is InChI=1S/C15H21NO3/c1-11(2)19-15(17)12-7-8-16(10-12)13-5-4-6-14(9-13)18-3/h4-6,9,11-12H,7-8,10H2,1-3H3. The van der Waals surface area contributed by atoms with Gasteiger partial charge >= 0.3 is 5.97 Å². The lowest BCUT2D eigenvalue weighted by molar-refractivity contribution is -0.151. The highest BCUT2D eigenvalue weighted by Gasteiger charge is 2.30. The Balaban J connectivity index is 1.99. The summed E-state index contributed by atoms with van der Waals surface area (Å²) in [5.41, 5.74) is 1.10. The highest BCUT2D eigenvalue weighted by atomic mass is 16.5. The van der Waals surface area contributed by atoms with Gasteiger partial charge in [0.05, 0.1) is 19.1 Å². The number of esters is 1. The maximum Gasteiger partial charge on any atom is 0.311 e. The Labute approximate surface area is 114 Å². The second kappa shape index (κ2) is 5.95. The molecule has 1 aliphatic rings. The lowest BCUT2D eigenvalue weighted by atomic mass is 10.1. The van der Waals surface area contributed by atoms with Gasteiger partial charge in [0.2, 0.25) is 0 Å². The van der Waals surface area contributed by atoms with E-state index in [1.165, 1.54) is 0 Å². The number of benzene rings is 1. The van der Waals surface area contributed by atoms with E-state index in [0.717, 1.165) is 30.9 Å². The molecule has 0 amide bonds. The fraction of sp³-hybridized carbons (Fsp3) is 0.533. The van der Waals surface area contributed by atoms with Gasteiger partial charge in [-0.15, -0.1) is 0 Å². The topological polar surface area (TPSA) is 38.8 Å². The molecule has 0 saturated carbocycles. The molecular formula is C15H21NO3. The number of carbonyl (C=O) groups excluding carboxylic acids is 1. The molecule has 0 N–H and O–H groups in total. The SMILES string of the molecule is COc1cccc(N2CCC(C(=O)OC(C)C)C2)c1. The van der Waals surface area contributed by atoms with Crippen LogP contribution >= 0.6 is 0 Å². The van der Waals surface area contributed by atoms with Crippen molar-refractivity contribution in [3.8, 4) is 5.75 Å². The molecule has 4 nitrogen and oxygen atoms in total. The minimum Gasteiger partial charge on any atom is -0.497 e. The molecule has 1 heterocycles. The molecule has 0 aliphatic carbocycles. The summed E-state index contributed by atoms with van der Waals surface area (Å²) in [6, 6.07) is 7.92. The summed E-state index contributed by atoms with van der Waals surface area (Å²) in [5, 5.41) is 0. The normalized spacial score (nSPS) is 18.7. The molecule has 1 aromatic rings. The van der Waals surface area contributed by atoms with Crippen LogP contribution in [-0.2, 0) is 9.53 Å². The highest BCUT2D eigenvalue weighted by molar-refractivity contribution is 5.74. The number of anilines is 1. The van der Waals surface area contributed by atoms with Crippen LogP contribution in [0.15, 0.2) is 24.3 Å². The highest BCUT2D eigenvalue weighted by Crippen LogP contribution is 2.27. The lowest BCUT2D eigenvalue weighted by Crippen LogP contribution is -2.25. The third-order valence-corrected chi connectivity index (χ3v) is 3.29. The minimum atomic E-state index is -0.0830. The monoisotopic (exact) mass is 263 g/mol. The molecule has 1 saturated heterocycles. The minimum absolute atomic E-state index is 0.0198. The number of methoxy groups -OCH3 is 1. The van der Waals surface area contributed by atoms with Gasteiger partial charge in [0.15, 0.2) is 0 Å². The number of nitrogens with zero attached hydrogens (tertiary/aromatic N) is 1. The largest absolute Gasteiger partial charge is 0.497 e.